The summed E-state index contributed by atoms with van der Waals surface area (Å²) < 4.78 is 1.89. The summed E-state index contributed by atoms with van der Waals surface area (Å²) in [7, 11) is 1.89. The van der Waals surface area contributed by atoms with Gasteiger partial charge in [0.25, 0.3) is 0 Å². The summed E-state index contributed by atoms with van der Waals surface area (Å²) >= 11 is 0. The predicted molar refractivity (Wildman–Crippen MR) is 103 cm³/mol. The van der Waals surface area contributed by atoms with Gasteiger partial charge in [0.05, 0.1) is 11.2 Å². The van der Waals surface area contributed by atoms with Crippen LogP contribution in [0, 0.1) is 0 Å². The van der Waals surface area contributed by atoms with E-state index in [1.165, 1.54) is 0 Å². The number of benzene rings is 3. The third-order valence-corrected chi connectivity index (χ3v) is 4.35. The predicted octanol–water partition coefficient (Wildman–Crippen LogP) is 5.82. The van der Waals surface area contributed by atoms with Gasteiger partial charge in [-0.2, -0.15) is 5.11 Å². The summed E-state index contributed by atoms with van der Waals surface area (Å²) in [6.07, 6.45) is 0. The maximum absolute atomic E-state index is 13.1. The van der Waals surface area contributed by atoms with Gasteiger partial charge in [-0.05, 0) is 18.2 Å². The highest BCUT2D eigenvalue weighted by molar-refractivity contribution is 6.15. The molecule has 1 aromatic heterocycles. The number of hydrogen-bond acceptors (Lipinski definition) is 3. The molecular weight excluding hydrogens is 322 g/mol. The summed E-state index contributed by atoms with van der Waals surface area (Å²) in [5.41, 5.74) is 3.47. The minimum absolute atomic E-state index is 0.0636. The van der Waals surface area contributed by atoms with Crippen LogP contribution in [0.15, 0.2) is 95.2 Å². The van der Waals surface area contributed by atoms with E-state index in [0.717, 1.165) is 16.6 Å². The Balaban J connectivity index is 1.90. The number of rotatable bonds is 4. The van der Waals surface area contributed by atoms with Crippen molar-refractivity contribution in [3.8, 4) is 0 Å². The lowest BCUT2D eigenvalue weighted by atomic mass is 10.1. The standard InChI is InChI=1S/C22H17N3O/c1-25-19-15-9-8-14-18(19)20(24-23-17-12-6-3-7-13-17)21(25)22(26)16-10-4-2-5-11-16/h2-15H,1H3/b24-23+. The molecule has 126 valence electrons. The molecule has 0 bridgehead atoms. The van der Waals surface area contributed by atoms with Gasteiger partial charge in [0.1, 0.15) is 11.4 Å². The number of carbonyl (C=O) groups is 1. The second-order valence-electron chi connectivity index (χ2n) is 6.00. The van der Waals surface area contributed by atoms with Gasteiger partial charge in [0.15, 0.2) is 0 Å². The Morgan fingerprint density at radius 1 is 0.769 bits per heavy atom. The van der Waals surface area contributed by atoms with E-state index in [0.29, 0.717) is 16.9 Å². The molecule has 0 N–H and O–H groups in total. The molecule has 0 radical (unpaired) electrons. The Morgan fingerprint density at radius 3 is 2.12 bits per heavy atom. The third kappa shape index (κ3) is 2.82. The quantitative estimate of drug-likeness (QED) is 0.341. The molecule has 0 atom stereocenters. The lowest BCUT2D eigenvalue weighted by molar-refractivity contribution is 0.103. The average molecular weight is 339 g/mol. The van der Waals surface area contributed by atoms with Crippen LogP contribution < -0.4 is 0 Å². The fourth-order valence-corrected chi connectivity index (χ4v) is 3.06. The molecule has 4 nitrogen and oxygen atoms in total. The maximum atomic E-state index is 13.1. The number of aromatic nitrogens is 1. The van der Waals surface area contributed by atoms with Gasteiger partial charge in [-0.15, -0.1) is 5.11 Å². The van der Waals surface area contributed by atoms with Gasteiger partial charge in [0.2, 0.25) is 5.78 Å². The van der Waals surface area contributed by atoms with Crippen LogP contribution in [0.3, 0.4) is 0 Å². The van der Waals surface area contributed by atoms with Gasteiger partial charge in [0, 0.05) is 18.0 Å². The summed E-state index contributed by atoms with van der Waals surface area (Å²) in [5, 5.41) is 9.70. The smallest absolute Gasteiger partial charge is 0.211 e. The minimum atomic E-state index is -0.0636. The summed E-state index contributed by atoms with van der Waals surface area (Å²) in [6.45, 7) is 0. The molecular formula is C22H17N3O. The number of para-hydroxylation sites is 1. The topological polar surface area (TPSA) is 46.7 Å². The summed E-state index contributed by atoms with van der Waals surface area (Å²) in [5.74, 6) is -0.0636. The molecule has 4 heteroatoms. The van der Waals surface area contributed by atoms with E-state index < -0.39 is 0 Å². The molecule has 1 heterocycles. The van der Waals surface area contributed by atoms with Gasteiger partial charge >= 0.3 is 0 Å². The van der Waals surface area contributed by atoms with E-state index in [4.69, 9.17) is 0 Å². The molecule has 0 aliphatic heterocycles. The first kappa shape index (κ1) is 16.0. The Labute approximate surface area is 151 Å². The zero-order valence-corrected chi connectivity index (χ0v) is 14.3. The van der Waals surface area contributed by atoms with E-state index >= 15 is 0 Å². The number of fused-ring (bicyclic) bond motifs is 1. The second-order valence-corrected chi connectivity index (χ2v) is 6.00. The Hall–Kier alpha value is -3.53. The zero-order valence-electron chi connectivity index (χ0n) is 14.3. The lowest BCUT2D eigenvalue weighted by Crippen LogP contribution is -2.07. The van der Waals surface area contributed by atoms with Crippen molar-refractivity contribution in [2.24, 2.45) is 17.3 Å². The first-order chi connectivity index (χ1) is 12.8. The highest BCUT2D eigenvalue weighted by atomic mass is 16.1. The fraction of sp³-hybridized carbons (Fsp3) is 0.0455. The van der Waals surface area contributed by atoms with Crippen LogP contribution in [0.1, 0.15) is 16.1 Å². The van der Waals surface area contributed by atoms with Crippen LogP contribution in [-0.4, -0.2) is 10.4 Å². The SMILES string of the molecule is Cn1c(C(=O)c2ccccc2)c(/N=N/c2ccccc2)c2ccccc21. The monoisotopic (exact) mass is 339 g/mol. The largest absolute Gasteiger partial charge is 0.339 e. The molecule has 3 aromatic carbocycles. The molecule has 26 heavy (non-hydrogen) atoms. The molecule has 4 rings (SSSR count). The molecule has 0 aliphatic carbocycles. The number of ketones is 1. The Morgan fingerprint density at radius 2 is 1.38 bits per heavy atom. The van der Waals surface area contributed by atoms with E-state index in [1.54, 1.807) is 0 Å². The van der Waals surface area contributed by atoms with Crippen LogP contribution in [0.25, 0.3) is 10.9 Å². The van der Waals surface area contributed by atoms with E-state index in [-0.39, 0.29) is 5.78 Å². The first-order valence-electron chi connectivity index (χ1n) is 8.39. The van der Waals surface area contributed by atoms with Crippen molar-refractivity contribution < 1.29 is 4.79 Å². The average Bonchev–Trinajstić information content (AvgIpc) is 2.99. The number of aryl methyl sites for hydroxylation is 1. The minimum Gasteiger partial charge on any atom is -0.339 e. The normalized spacial score (nSPS) is 11.3. The highest BCUT2D eigenvalue weighted by Crippen LogP contribution is 2.35. The lowest BCUT2D eigenvalue weighted by Gasteiger charge is -2.04. The zero-order chi connectivity index (χ0) is 17.9. The molecule has 0 amide bonds. The van der Waals surface area contributed by atoms with Gasteiger partial charge in [-0.1, -0.05) is 66.7 Å². The molecule has 0 aliphatic rings. The van der Waals surface area contributed by atoms with E-state index in [2.05, 4.69) is 10.2 Å². The van der Waals surface area contributed by atoms with Crippen LogP contribution in [0.2, 0.25) is 0 Å². The third-order valence-electron chi connectivity index (χ3n) is 4.35. The molecule has 0 spiro atoms. The molecule has 0 unspecified atom stereocenters. The number of nitrogens with zero attached hydrogens (tertiary/aromatic N) is 3. The maximum Gasteiger partial charge on any atom is 0.211 e. The summed E-state index contributed by atoms with van der Waals surface area (Å²) in [6, 6.07) is 26.6. The van der Waals surface area contributed by atoms with Crippen molar-refractivity contribution in [1.29, 1.82) is 0 Å². The highest BCUT2D eigenvalue weighted by Gasteiger charge is 2.22. The van der Waals surface area contributed by atoms with E-state index in [1.807, 2.05) is 96.5 Å². The van der Waals surface area contributed by atoms with Crippen molar-refractivity contribution in [1.82, 2.24) is 4.57 Å². The van der Waals surface area contributed by atoms with Crippen LogP contribution in [-0.2, 0) is 7.05 Å². The Kier molecular flexibility index (Phi) is 4.15. The number of carbonyl (C=O) groups excluding carboxylic acids is 1. The van der Waals surface area contributed by atoms with Crippen molar-refractivity contribution >= 4 is 28.1 Å². The van der Waals surface area contributed by atoms with Gasteiger partial charge in [-0.3, -0.25) is 4.79 Å². The second kappa shape index (κ2) is 6.76. The number of azo groups is 1. The van der Waals surface area contributed by atoms with Crippen molar-refractivity contribution in [3.05, 3.63) is 96.2 Å². The van der Waals surface area contributed by atoms with Crippen molar-refractivity contribution in [3.63, 3.8) is 0 Å². The fourth-order valence-electron chi connectivity index (χ4n) is 3.06. The van der Waals surface area contributed by atoms with Crippen LogP contribution in [0.5, 0.6) is 0 Å². The summed E-state index contributed by atoms with van der Waals surface area (Å²) in [4.78, 5) is 13.1. The molecule has 4 aromatic rings. The van der Waals surface area contributed by atoms with Gasteiger partial charge in [-0.25, -0.2) is 0 Å². The Bertz CT molecular complexity index is 1100. The van der Waals surface area contributed by atoms with Gasteiger partial charge < -0.3 is 4.57 Å². The molecule has 0 fully saturated rings. The van der Waals surface area contributed by atoms with Crippen LogP contribution in [0.4, 0.5) is 11.4 Å². The molecule has 0 saturated carbocycles. The van der Waals surface area contributed by atoms with Crippen molar-refractivity contribution in [2.75, 3.05) is 0 Å². The van der Waals surface area contributed by atoms with Crippen LogP contribution >= 0.6 is 0 Å². The number of hydrogen-bond donors (Lipinski definition) is 0. The molecule has 0 saturated heterocycles. The first-order valence-corrected chi connectivity index (χ1v) is 8.39. The van der Waals surface area contributed by atoms with E-state index in [9.17, 15) is 4.79 Å². The van der Waals surface area contributed by atoms with Crippen molar-refractivity contribution in [2.45, 2.75) is 0 Å².